The van der Waals surface area contributed by atoms with Gasteiger partial charge in [0.2, 0.25) is 5.91 Å². The summed E-state index contributed by atoms with van der Waals surface area (Å²) in [4.78, 5) is 26.5. The molecule has 0 unspecified atom stereocenters. The third-order valence-electron chi connectivity index (χ3n) is 3.28. The van der Waals surface area contributed by atoms with Gasteiger partial charge in [0.1, 0.15) is 0 Å². The molecule has 0 radical (unpaired) electrons. The molecule has 2 rings (SSSR count). The lowest BCUT2D eigenvalue weighted by atomic mass is 10.2. The van der Waals surface area contributed by atoms with Gasteiger partial charge in [-0.3, -0.25) is 9.59 Å². The number of anilines is 1. The smallest absolute Gasteiger partial charge is 0.348 e. The summed E-state index contributed by atoms with van der Waals surface area (Å²) in [6.45, 7) is 1.21. The Balaban J connectivity index is 2.22. The molecule has 144 valence electrons. The molecular weight excluding hydrogens is 387 g/mol. The van der Waals surface area contributed by atoms with Crippen LogP contribution in [0.15, 0.2) is 47.6 Å². The van der Waals surface area contributed by atoms with E-state index >= 15 is 0 Å². The largest absolute Gasteiger partial charge is 0.503 e. The van der Waals surface area contributed by atoms with Gasteiger partial charge in [-0.15, -0.1) is 0 Å². The number of carbonyl (C=O) groups excluding carboxylic acids is 2. The average molecular weight is 401 g/mol. The molecule has 7 nitrogen and oxygen atoms in total. The van der Waals surface area contributed by atoms with E-state index in [0.29, 0.717) is 11.3 Å². The summed E-state index contributed by atoms with van der Waals surface area (Å²) in [5, 5.41) is 3.52. The van der Waals surface area contributed by atoms with E-state index in [9.17, 15) is 31.2 Å². The number of hydrogen-bond donors (Lipinski definition) is 2. The highest BCUT2D eigenvalue weighted by Gasteiger charge is 2.49. The fraction of sp³-hybridized carbons (Fsp3) is 0.188. The summed E-state index contributed by atoms with van der Waals surface area (Å²) >= 11 is 0. The summed E-state index contributed by atoms with van der Waals surface area (Å²) in [6.07, 6.45) is 0.853. The molecule has 0 saturated carbocycles. The SMILES string of the molecule is CC(=O)Nc1cccc(CNC(=O)c2cccnc2S(=O)(=O)C(F)(F)F)c1. The van der Waals surface area contributed by atoms with Crippen molar-refractivity contribution in [1.29, 1.82) is 0 Å². The number of pyridine rings is 1. The molecule has 0 bridgehead atoms. The minimum absolute atomic E-state index is 0.105. The fourth-order valence-electron chi connectivity index (χ4n) is 2.13. The Morgan fingerprint density at radius 2 is 1.85 bits per heavy atom. The van der Waals surface area contributed by atoms with Crippen LogP contribution in [0.2, 0.25) is 0 Å². The average Bonchev–Trinajstić information content (AvgIpc) is 2.58. The number of benzene rings is 1. The molecule has 0 aliphatic carbocycles. The van der Waals surface area contributed by atoms with E-state index in [1.54, 1.807) is 24.3 Å². The summed E-state index contributed by atoms with van der Waals surface area (Å²) in [6, 6.07) is 8.48. The lowest BCUT2D eigenvalue weighted by Gasteiger charge is -2.12. The van der Waals surface area contributed by atoms with E-state index in [1.165, 1.54) is 6.92 Å². The normalized spacial score (nSPS) is 11.7. The molecule has 0 atom stereocenters. The van der Waals surface area contributed by atoms with E-state index in [2.05, 4.69) is 15.6 Å². The van der Waals surface area contributed by atoms with E-state index in [1.807, 2.05) is 0 Å². The van der Waals surface area contributed by atoms with Gasteiger partial charge in [0.15, 0.2) is 5.03 Å². The number of nitrogens with one attached hydrogen (secondary N) is 2. The number of halogens is 3. The highest BCUT2D eigenvalue weighted by molar-refractivity contribution is 7.92. The topological polar surface area (TPSA) is 105 Å². The van der Waals surface area contributed by atoms with E-state index in [-0.39, 0.29) is 12.5 Å². The monoisotopic (exact) mass is 401 g/mol. The maximum absolute atomic E-state index is 12.8. The Morgan fingerprint density at radius 3 is 2.48 bits per heavy atom. The van der Waals surface area contributed by atoms with Gasteiger partial charge < -0.3 is 10.6 Å². The van der Waals surface area contributed by atoms with Crippen molar-refractivity contribution in [2.45, 2.75) is 24.0 Å². The Morgan fingerprint density at radius 1 is 1.15 bits per heavy atom. The molecule has 1 aromatic carbocycles. The highest BCUT2D eigenvalue weighted by atomic mass is 32.2. The fourth-order valence-corrected chi connectivity index (χ4v) is 3.00. The summed E-state index contributed by atoms with van der Waals surface area (Å²) in [5.41, 5.74) is -5.29. The molecule has 2 amide bonds. The molecule has 0 aliphatic heterocycles. The first-order valence-electron chi connectivity index (χ1n) is 7.43. The van der Waals surface area contributed by atoms with Gasteiger partial charge in [0.25, 0.3) is 15.7 Å². The van der Waals surface area contributed by atoms with Crippen LogP contribution in [0.25, 0.3) is 0 Å². The van der Waals surface area contributed by atoms with Crippen LogP contribution in [0.5, 0.6) is 0 Å². The van der Waals surface area contributed by atoms with E-state index < -0.39 is 31.8 Å². The molecule has 0 aliphatic rings. The Hall–Kier alpha value is -2.95. The molecule has 2 N–H and O–H groups in total. The van der Waals surface area contributed by atoms with Crippen LogP contribution in [0.1, 0.15) is 22.8 Å². The predicted octanol–water partition coefficient (Wildman–Crippen LogP) is 2.26. The number of nitrogens with zero attached hydrogens (tertiary/aromatic N) is 1. The predicted molar refractivity (Wildman–Crippen MR) is 89.4 cm³/mol. The first-order valence-corrected chi connectivity index (χ1v) is 8.92. The quantitative estimate of drug-likeness (QED) is 0.800. The van der Waals surface area contributed by atoms with Crippen molar-refractivity contribution >= 4 is 27.3 Å². The zero-order valence-electron chi connectivity index (χ0n) is 13.9. The van der Waals surface area contributed by atoms with Crippen LogP contribution >= 0.6 is 0 Å². The lowest BCUT2D eigenvalue weighted by Crippen LogP contribution is -2.30. The number of carbonyl (C=O) groups is 2. The Labute approximate surface area is 152 Å². The van der Waals surface area contributed by atoms with E-state index in [4.69, 9.17) is 0 Å². The van der Waals surface area contributed by atoms with Crippen molar-refractivity contribution in [2.75, 3.05) is 5.32 Å². The molecule has 1 aromatic heterocycles. The highest BCUT2D eigenvalue weighted by Crippen LogP contribution is 2.30. The maximum atomic E-state index is 12.8. The van der Waals surface area contributed by atoms with Gasteiger partial charge in [-0.25, -0.2) is 13.4 Å². The van der Waals surface area contributed by atoms with Gasteiger partial charge in [-0.05, 0) is 29.8 Å². The molecule has 11 heteroatoms. The molecule has 0 spiro atoms. The maximum Gasteiger partial charge on any atom is 0.503 e. The summed E-state index contributed by atoms with van der Waals surface area (Å²) < 4.78 is 61.5. The lowest BCUT2D eigenvalue weighted by molar-refractivity contribution is -0.114. The van der Waals surface area contributed by atoms with Crippen molar-refractivity contribution in [3.05, 3.63) is 53.7 Å². The molecule has 2 aromatic rings. The van der Waals surface area contributed by atoms with Crippen molar-refractivity contribution in [1.82, 2.24) is 10.3 Å². The number of aromatic nitrogens is 1. The van der Waals surface area contributed by atoms with Crippen LogP contribution < -0.4 is 10.6 Å². The van der Waals surface area contributed by atoms with Crippen molar-refractivity contribution in [3.63, 3.8) is 0 Å². The van der Waals surface area contributed by atoms with Gasteiger partial charge in [-0.2, -0.15) is 13.2 Å². The summed E-state index contributed by atoms with van der Waals surface area (Å²) in [5.74, 6) is -1.33. The number of amides is 2. The van der Waals surface area contributed by atoms with E-state index in [0.717, 1.165) is 18.3 Å². The second-order valence-electron chi connectivity index (χ2n) is 5.37. The minimum Gasteiger partial charge on any atom is -0.348 e. The zero-order valence-corrected chi connectivity index (χ0v) is 14.7. The van der Waals surface area contributed by atoms with Crippen LogP contribution in [-0.4, -0.2) is 30.7 Å². The molecular formula is C16H14F3N3O4S. The third kappa shape index (κ3) is 4.82. The van der Waals surface area contributed by atoms with Crippen LogP contribution in [0.4, 0.5) is 18.9 Å². The van der Waals surface area contributed by atoms with Crippen LogP contribution in [0.3, 0.4) is 0 Å². The van der Waals surface area contributed by atoms with Gasteiger partial charge >= 0.3 is 5.51 Å². The van der Waals surface area contributed by atoms with Crippen LogP contribution in [0, 0.1) is 0 Å². The molecule has 0 saturated heterocycles. The molecule has 27 heavy (non-hydrogen) atoms. The minimum atomic E-state index is -5.77. The zero-order chi connectivity index (χ0) is 20.2. The van der Waals surface area contributed by atoms with Crippen molar-refractivity contribution in [3.8, 4) is 0 Å². The standard InChI is InChI=1S/C16H14F3N3O4S/c1-10(23)22-12-5-2-4-11(8-12)9-21-14(24)13-6-3-7-20-15(13)27(25,26)16(17,18)19/h2-8H,9H2,1H3,(H,21,24)(H,22,23). The third-order valence-corrected chi connectivity index (χ3v) is 4.72. The number of rotatable bonds is 5. The van der Waals surface area contributed by atoms with Crippen molar-refractivity contribution < 1.29 is 31.2 Å². The van der Waals surface area contributed by atoms with Gasteiger partial charge in [0, 0.05) is 25.4 Å². The Kier molecular flexibility index (Phi) is 5.84. The van der Waals surface area contributed by atoms with Crippen molar-refractivity contribution in [2.24, 2.45) is 0 Å². The second kappa shape index (κ2) is 7.74. The Bertz CT molecular complexity index is 975. The molecule has 1 heterocycles. The van der Waals surface area contributed by atoms with Gasteiger partial charge in [0.05, 0.1) is 5.56 Å². The number of alkyl halides is 3. The van der Waals surface area contributed by atoms with Gasteiger partial charge in [-0.1, -0.05) is 12.1 Å². The van der Waals surface area contributed by atoms with Crippen LogP contribution in [-0.2, 0) is 21.2 Å². The first-order chi connectivity index (χ1) is 12.5. The number of sulfone groups is 1. The first kappa shape index (κ1) is 20.4. The summed E-state index contributed by atoms with van der Waals surface area (Å²) in [7, 11) is -5.77. The number of hydrogen-bond acceptors (Lipinski definition) is 5. The second-order valence-corrected chi connectivity index (χ2v) is 7.23. The molecule has 0 fully saturated rings.